The van der Waals surface area contributed by atoms with Crippen LogP contribution >= 0.6 is 11.6 Å². The SMILES string of the molecule is CC(C)(C)c1ccc(OCC#CCCl)cc1. The summed E-state index contributed by atoms with van der Waals surface area (Å²) in [6, 6.07) is 8.13. The van der Waals surface area contributed by atoms with Crippen molar-refractivity contribution in [1.29, 1.82) is 0 Å². The van der Waals surface area contributed by atoms with Crippen LogP contribution in [-0.4, -0.2) is 12.5 Å². The number of benzene rings is 1. The molecule has 0 amide bonds. The Bertz CT molecular complexity index is 376. The van der Waals surface area contributed by atoms with E-state index in [9.17, 15) is 0 Å². The van der Waals surface area contributed by atoms with Crippen molar-refractivity contribution in [3.05, 3.63) is 29.8 Å². The molecule has 0 aliphatic rings. The number of alkyl halides is 1. The van der Waals surface area contributed by atoms with Crippen LogP contribution in [-0.2, 0) is 5.41 Å². The van der Waals surface area contributed by atoms with E-state index in [2.05, 4.69) is 44.7 Å². The molecular weight excluding hydrogens is 220 g/mol. The minimum Gasteiger partial charge on any atom is -0.481 e. The molecule has 1 aromatic rings. The van der Waals surface area contributed by atoms with Gasteiger partial charge >= 0.3 is 0 Å². The summed E-state index contributed by atoms with van der Waals surface area (Å²) < 4.78 is 5.44. The van der Waals surface area contributed by atoms with Crippen molar-refractivity contribution in [2.45, 2.75) is 26.2 Å². The number of ether oxygens (including phenoxy) is 1. The molecule has 1 nitrogen and oxygen atoms in total. The van der Waals surface area contributed by atoms with E-state index in [1.165, 1.54) is 5.56 Å². The van der Waals surface area contributed by atoms with Gasteiger partial charge in [-0.2, -0.15) is 0 Å². The second-order valence-corrected chi connectivity index (χ2v) is 4.82. The second kappa shape index (κ2) is 5.82. The van der Waals surface area contributed by atoms with Crippen LogP contribution in [0.3, 0.4) is 0 Å². The fraction of sp³-hybridized carbons (Fsp3) is 0.429. The first-order valence-electron chi connectivity index (χ1n) is 5.29. The topological polar surface area (TPSA) is 9.23 Å². The molecule has 16 heavy (non-hydrogen) atoms. The van der Waals surface area contributed by atoms with Gasteiger partial charge in [-0.05, 0) is 23.1 Å². The Morgan fingerprint density at radius 3 is 2.25 bits per heavy atom. The molecule has 0 aliphatic heterocycles. The zero-order valence-corrected chi connectivity index (χ0v) is 10.8. The van der Waals surface area contributed by atoms with Crippen LogP contribution in [0.25, 0.3) is 0 Å². The largest absolute Gasteiger partial charge is 0.481 e. The van der Waals surface area contributed by atoms with E-state index in [0.717, 1.165) is 5.75 Å². The fourth-order valence-corrected chi connectivity index (χ4v) is 1.36. The predicted octanol–water partition coefficient (Wildman–Crippen LogP) is 3.61. The Morgan fingerprint density at radius 2 is 1.75 bits per heavy atom. The lowest BCUT2D eigenvalue weighted by Crippen LogP contribution is -2.10. The van der Waals surface area contributed by atoms with Gasteiger partial charge in [-0.25, -0.2) is 0 Å². The van der Waals surface area contributed by atoms with Crippen LogP contribution in [0.15, 0.2) is 24.3 Å². The second-order valence-electron chi connectivity index (χ2n) is 4.55. The van der Waals surface area contributed by atoms with Crippen molar-refractivity contribution in [2.75, 3.05) is 12.5 Å². The smallest absolute Gasteiger partial charge is 0.149 e. The van der Waals surface area contributed by atoms with Gasteiger partial charge in [0.2, 0.25) is 0 Å². The minimum atomic E-state index is 0.178. The number of rotatable bonds is 2. The van der Waals surface area contributed by atoms with Crippen LogP contribution in [0, 0.1) is 11.8 Å². The van der Waals surface area contributed by atoms with Crippen LogP contribution in [0.2, 0.25) is 0 Å². The number of hydrogen-bond donors (Lipinski definition) is 0. The van der Waals surface area contributed by atoms with Gasteiger partial charge in [-0.1, -0.05) is 44.7 Å². The maximum absolute atomic E-state index is 5.44. The molecule has 0 saturated carbocycles. The first-order chi connectivity index (χ1) is 7.54. The molecular formula is C14H17ClO. The average Bonchev–Trinajstić information content (AvgIpc) is 2.24. The van der Waals surface area contributed by atoms with Crippen LogP contribution in [0.5, 0.6) is 5.75 Å². The van der Waals surface area contributed by atoms with Gasteiger partial charge in [0.05, 0.1) is 5.88 Å². The van der Waals surface area contributed by atoms with Gasteiger partial charge < -0.3 is 4.74 Å². The third-order valence-corrected chi connectivity index (χ3v) is 2.36. The average molecular weight is 237 g/mol. The highest BCUT2D eigenvalue weighted by Crippen LogP contribution is 2.24. The maximum atomic E-state index is 5.44. The van der Waals surface area contributed by atoms with Gasteiger partial charge in [0, 0.05) is 0 Å². The molecule has 0 aromatic heterocycles. The standard InChI is InChI=1S/C14H17ClO/c1-14(2,3)12-6-8-13(9-7-12)16-11-5-4-10-15/h6-9H,10-11H2,1-3H3. The molecule has 0 spiro atoms. The van der Waals surface area contributed by atoms with E-state index < -0.39 is 0 Å². The summed E-state index contributed by atoms with van der Waals surface area (Å²) in [4.78, 5) is 0. The van der Waals surface area contributed by atoms with Gasteiger partial charge in [-0.3, -0.25) is 0 Å². The lowest BCUT2D eigenvalue weighted by molar-refractivity contribution is 0.370. The van der Waals surface area contributed by atoms with E-state index in [-0.39, 0.29) is 5.41 Å². The molecule has 86 valence electrons. The van der Waals surface area contributed by atoms with Gasteiger partial charge in [-0.15, -0.1) is 11.6 Å². The minimum absolute atomic E-state index is 0.178. The van der Waals surface area contributed by atoms with E-state index in [1.54, 1.807) is 0 Å². The van der Waals surface area contributed by atoms with Crippen LogP contribution in [0.1, 0.15) is 26.3 Å². The zero-order chi connectivity index (χ0) is 12.0. The van der Waals surface area contributed by atoms with Gasteiger partial charge in [0.25, 0.3) is 0 Å². The highest BCUT2D eigenvalue weighted by Gasteiger charge is 2.12. The first kappa shape index (κ1) is 12.9. The zero-order valence-electron chi connectivity index (χ0n) is 10.0. The summed E-state index contributed by atoms with van der Waals surface area (Å²) in [6.07, 6.45) is 0. The molecule has 2 heteroatoms. The predicted molar refractivity (Wildman–Crippen MR) is 69.1 cm³/mol. The lowest BCUT2D eigenvalue weighted by Gasteiger charge is -2.18. The third kappa shape index (κ3) is 4.16. The van der Waals surface area contributed by atoms with Crippen molar-refractivity contribution in [2.24, 2.45) is 0 Å². The normalized spacial score (nSPS) is 10.5. The van der Waals surface area contributed by atoms with Gasteiger partial charge in [0.15, 0.2) is 0 Å². The van der Waals surface area contributed by atoms with Crippen molar-refractivity contribution >= 4 is 11.6 Å². The van der Waals surface area contributed by atoms with Crippen molar-refractivity contribution in [1.82, 2.24) is 0 Å². The van der Waals surface area contributed by atoms with E-state index in [0.29, 0.717) is 12.5 Å². The highest BCUT2D eigenvalue weighted by atomic mass is 35.5. The van der Waals surface area contributed by atoms with Gasteiger partial charge in [0.1, 0.15) is 12.4 Å². The Morgan fingerprint density at radius 1 is 1.12 bits per heavy atom. The molecule has 0 aliphatic carbocycles. The molecule has 0 bridgehead atoms. The lowest BCUT2D eigenvalue weighted by atomic mass is 9.87. The Kier molecular flexibility index (Phi) is 4.71. The van der Waals surface area contributed by atoms with E-state index in [1.807, 2.05) is 12.1 Å². The molecule has 0 heterocycles. The van der Waals surface area contributed by atoms with E-state index in [4.69, 9.17) is 16.3 Å². The van der Waals surface area contributed by atoms with Crippen LogP contribution in [0.4, 0.5) is 0 Å². The molecule has 0 N–H and O–H groups in total. The molecule has 1 aromatic carbocycles. The molecule has 0 saturated heterocycles. The molecule has 0 fully saturated rings. The highest BCUT2D eigenvalue weighted by molar-refractivity contribution is 6.19. The summed E-state index contributed by atoms with van der Waals surface area (Å²) in [6.45, 7) is 6.96. The number of halogens is 1. The van der Waals surface area contributed by atoms with Crippen LogP contribution < -0.4 is 4.74 Å². The summed E-state index contributed by atoms with van der Waals surface area (Å²) in [5.74, 6) is 6.77. The fourth-order valence-electron chi connectivity index (χ4n) is 1.27. The maximum Gasteiger partial charge on any atom is 0.149 e. The Labute approximate surface area is 103 Å². The molecule has 0 radical (unpaired) electrons. The third-order valence-electron chi connectivity index (χ3n) is 2.22. The quantitative estimate of drug-likeness (QED) is 0.563. The summed E-state index contributed by atoms with van der Waals surface area (Å²) in [7, 11) is 0. The summed E-state index contributed by atoms with van der Waals surface area (Å²) in [5, 5.41) is 0. The molecule has 1 rings (SSSR count). The summed E-state index contributed by atoms with van der Waals surface area (Å²) in [5.41, 5.74) is 1.48. The monoisotopic (exact) mass is 236 g/mol. The van der Waals surface area contributed by atoms with Crippen molar-refractivity contribution in [3.8, 4) is 17.6 Å². The van der Waals surface area contributed by atoms with E-state index >= 15 is 0 Å². The summed E-state index contributed by atoms with van der Waals surface area (Å²) >= 11 is 5.43. The Balaban J connectivity index is 2.58. The van der Waals surface area contributed by atoms with Crippen molar-refractivity contribution in [3.63, 3.8) is 0 Å². The number of hydrogen-bond acceptors (Lipinski definition) is 1. The van der Waals surface area contributed by atoms with Crippen molar-refractivity contribution < 1.29 is 4.74 Å². The molecule has 0 unspecified atom stereocenters. The molecule has 0 atom stereocenters. The Hall–Kier alpha value is -1.13. The first-order valence-corrected chi connectivity index (χ1v) is 5.82.